The minimum atomic E-state index is 0.187. The average molecular weight is 262 g/mol. The van der Waals surface area contributed by atoms with Crippen LogP contribution in [0.5, 0.6) is 5.75 Å². The Morgan fingerprint density at radius 2 is 1.42 bits per heavy atom. The highest BCUT2D eigenvalue weighted by Gasteiger charge is 2.32. The fourth-order valence-corrected chi connectivity index (χ4v) is 3.21. The molecule has 0 bridgehead atoms. The molecule has 1 heteroatoms. The van der Waals surface area contributed by atoms with Gasteiger partial charge in [0.15, 0.2) is 0 Å². The molecular formula is C18H30O. The standard InChI is InChI=1S/C18H30O/c1-4-7-14-18(13-6-3,15-8-5-2)16-11-9-10-12-17(16)19/h9-12,19H,4-8,13-15H2,1-3H3. The van der Waals surface area contributed by atoms with Crippen molar-refractivity contribution in [3.05, 3.63) is 29.8 Å². The molecule has 0 aliphatic rings. The summed E-state index contributed by atoms with van der Waals surface area (Å²) in [6.07, 6.45) is 9.72. The summed E-state index contributed by atoms with van der Waals surface area (Å²) in [5, 5.41) is 10.3. The Hall–Kier alpha value is -0.980. The van der Waals surface area contributed by atoms with Crippen molar-refractivity contribution in [2.75, 3.05) is 0 Å². The lowest BCUT2D eigenvalue weighted by Gasteiger charge is -2.35. The average Bonchev–Trinajstić information content (AvgIpc) is 2.43. The highest BCUT2D eigenvalue weighted by molar-refractivity contribution is 5.38. The minimum Gasteiger partial charge on any atom is -0.508 e. The van der Waals surface area contributed by atoms with Gasteiger partial charge in [-0.05, 0) is 30.7 Å². The Bertz CT molecular complexity index is 348. The molecule has 0 spiro atoms. The largest absolute Gasteiger partial charge is 0.508 e. The predicted molar refractivity (Wildman–Crippen MR) is 83.7 cm³/mol. The molecule has 0 saturated carbocycles. The van der Waals surface area contributed by atoms with Gasteiger partial charge in [0.25, 0.3) is 0 Å². The molecule has 1 nitrogen and oxygen atoms in total. The van der Waals surface area contributed by atoms with Crippen LogP contribution < -0.4 is 0 Å². The van der Waals surface area contributed by atoms with Crippen LogP contribution in [-0.4, -0.2) is 5.11 Å². The van der Waals surface area contributed by atoms with Crippen molar-refractivity contribution >= 4 is 0 Å². The zero-order chi connectivity index (χ0) is 14.1. The molecule has 1 N–H and O–H groups in total. The maximum absolute atomic E-state index is 10.3. The van der Waals surface area contributed by atoms with Gasteiger partial charge in [-0.3, -0.25) is 0 Å². The van der Waals surface area contributed by atoms with E-state index in [0.717, 1.165) is 0 Å². The second kappa shape index (κ2) is 8.24. The molecule has 0 heterocycles. The van der Waals surface area contributed by atoms with Crippen LogP contribution in [0.2, 0.25) is 0 Å². The summed E-state index contributed by atoms with van der Waals surface area (Å²) in [6, 6.07) is 7.97. The fourth-order valence-electron chi connectivity index (χ4n) is 3.21. The summed E-state index contributed by atoms with van der Waals surface area (Å²) >= 11 is 0. The van der Waals surface area contributed by atoms with E-state index in [4.69, 9.17) is 0 Å². The van der Waals surface area contributed by atoms with E-state index in [-0.39, 0.29) is 5.41 Å². The van der Waals surface area contributed by atoms with E-state index in [1.807, 2.05) is 12.1 Å². The van der Waals surface area contributed by atoms with Gasteiger partial charge in [0, 0.05) is 5.56 Å². The monoisotopic (exact) mass is 262 g/mol. The summed E-state index contributed by atoms with van der Waals surface area (Å²) in [5.41, 5.74) is 1.37. The Kier molecular flexibility index (Phi) is 6.97. The van der Waals surface area contributed by atoms with Crippen LogP contribution in [-0.2, 0) is 5.41 Å². The first-order valence-electron chi connectivity index (χ1n) is 7.98. The Morgan fingerprint density at radius 3 is 1.89 bits per heavy atom. The van der Waals surface area contributed by atoms with Gasteiger partial charge in [0.2, 0.25) is 0 Å². The van der Waals surface area contributed by atoms with E-state index < -0.39 is 0 Å². The molecule has 108 valence electrons. The molecule has 1 aromatic rings. The summed E-state index contributed by atoms with van der Waals surface area (Å²) < 4.78 is 0. The molecule has 0 saturated heterocycles. The van der Waals surface area contributed by atoms with Crippen LogP contribution in [0, 0.1) is 0 Å². The normalized spacial score (nSPS) is 11.7. The molecule has 0 unspecified atom stereocenters. The van der Waals surface area contributed by atoms with Gasteiger partial charge in [-0.25, -0.2) is 0 Å². The third-order valence-electron chi connectivity index (χ3n) is 4.22. The molecule has 0 fully saturated rings. The summed E-state index contributed by atoms with van der Waals surface area (Å²) in [5.74, 6) is 0.489. The third kappa shape index (κ3) is 4.26. The van der Waals surface area contributed by atoms with Crippen molar-refractivity contribution in [2.24, 2.45) is 0 Å². The van der Waals surface area contributed by atoms with Crippen molar-refractivity contribution in [2.45, 2.75) is 77.6 Å². The number of benzene rings is 1. The smallest absolute Gasteiger partial charge is 0.119 e. The highest BCUT2D eigenvalue weighted by atomic mass is 16.3. The molecule has 0 atom stereocenters. The van der Waals surface area contributed by atoms with Crippen LogP contribution in [0.25, 0.3) is 0 Å². The van der Waals surface area contributed by atoms with E-state index in [9.17, 15) is 5.11 Å². The Balaban J connectivity index is 3.08. The van der Waals surface area contributed by atoms with Crippen LogP contribution in [0.3, 0.4) is 0 Å². The van der Waals surface area contributed by atoms with Gasteiger partial charge in [0.05, 0.1) is 0 Å². The van der Waals surface area contributed by atoms with Crippen molar-refractivity contribution < 1.29 is 5.11 Å². The molecule has 0 aromatic heterocycles. The SMILES string of the molecule is CCCCC(CCC)(CCCC)c1ccccc1O. The Morgan fingerprint density at radius 1 is 0.842 bits per heavy atom. The number of hydrogen-bond donors (Lipinski definition) is 1. The number of aromatic hydroxyl groups is 1. The predicted octanol–water partition coefficient (Wildman–Crippen LogP) is 5.81. The van der Waals surface area contributed by atoms with Crippen LogP contribution in [0.4, 0.5) is 0 Å². The Labute approximate surface area is 119 Å². The van der Waals surface area contributed by atoms with Crippen molar-refractivity contribution in [1.29, 1.82) is 0 Å². The molecule has 19 heavy (non-hydrogen) atoms. The van der Waals surface area contributed by atoms with Crippen LogP contribution in [0.15, 0.2) is 24.3 Å². The van der Waals surface area contributed by atoms with Crippen LogP contribution >= 0.6 is 0 Å². The van der Waals surface area contributed by atoms with Crippen molar-refractivity contribution in [3.63, 3.8) is 0 Å². The zero-order valence-electron chi connectivity index (χ0n) is 12.9. The van der Waals surface area contributed by atoms with Crippen molar-refractivity contribution in [3.8, 4) is 5.75 Å². The van der Waals surface area contributed by atoms with Gasteiger partial charge in [-0.2, -0.15) is 0 Å². The molecule has 0 aliphatic carbocycles. The van der Waals surface area contributed by atoms with Gasteiger partial charge >= 0.3 is 0 Å². The first kappa shape index (κ1) is 16.1. The quantitative estimate of drug-likeness (QED) is 0.595. The van der Waals surface area contributed by atoms with Crippen LogP contribution in [0.1, 0.15) is 77.7 Å². The van der Waals surface area contributed by atoms with Gasteiger partial charge in [-0.1, -0.05) is 71.1 Å². The topological polar surface area (TPSA) is 20.2 Å². The number of para-hydroxylation sites is 1. The van der Waals surface area contributed by atoms with Crippen molar-refractivity contribution in [1.82, 2.24) is 0 Å². The lowest BCUT2D eigenvalue weighted by molar-refractivity contribution is 0.303. The summed E-state index contributed by atoms with van der Waals surface area (Å²) in [7, 11) is 0. The molecular weight excluding hydrogens is 232 g/mol. The third-order valence-corrected chi connectivity index (χ3v) is 4.22. The number of unbranched alkanes of at least 4 members (excludes halogenated alkanes) is 2. The van der Waals surface area contributed by atoms with E-state index in [2.05, 4.69) is 32.9 Å². The summed E-state index contributed by atoms with van der Waals surface area (Å²) in [6.45, 7) is 6.76. The molecule has 1 rings (SSSR count). The molecule has 0 amide bonds. The van der Waals surface area contributed by atoms with Gasteiger partial charge in [0.1, 0.15) is 5.75 Å². The highest BCUT2D eigenvalue weighted by Crippen LogP contribution is 2.43. The maximum Gasteiger partial charge on any atom is 0.119 e. The van der Waals surface area contributed by atoms with E-state index in [0.29, 0.717) is 5.75 Å². The van der Waals surface area contributed by atoms with E-state index >= 15 is 0 Å². The fraction of sp³-hybridized carbons (Fsp3) is 0.667. The lowest BCUT2D eigenvalue weighted by atomic mass is 9.69. The zero-order valence-corrected chi connectivity index (χ0v) is 12.9. The van der Waals surface area contributed by atoms with Gasteiger partial charge < -0.3 is 5.11 Å². The minimum absolute atomic E-state index is 0.187. The number of phenolic OH excluding ortho intramolecular Hbond substituents is 1. The number of rotatable bonds is 9. The molecule has 1 aromatic carbocycles. The first-order valence-corrected chi connectivity index (χ1v) is 7.98. The summed E-state index contributed by atoms with van der Waals surface area (Å²) in [4.78, 5) is 0. The van der Waals surface area contributed by atoms with E-state index in [1.54, 1.807) is 0 Å². The lowest BCUT2D eigenvalue weighted by Crippen LogP contribution is -2.26. The second-order valence-corrected chi connectivity index (χ2v) is 5.75. The second-order valence-electron chi connectivity index (χ2n) is 5.75. The van der Waals surface area contributed by atoms with Gasteiger partial charge in [-0.15, -0.1) is 0 Å². The molecule has 0 aliphatic heterocycles. The number of phenols is 1. The molecule has 0 radical (unpaired) electrons. The first-order chi connectivity index (χ1) is 9.20. The maximum atomic E-state index is 10.3. The van der Waals surface area contributed by atoms with E-state index in [1.165, 1.54) is 56.9 Å². The number of hydrogen-bond acceptors (Lipinski definition) is 1.